The Balaban J connectivity index is 1.78. The minimum Gasteiger partial charge on any atom is -0.504 e. The van der Waals surface area contributed by atoms with Crippen molar-refractivity contribution in [2.24, 2.45) is 7.05 Å². The summed E-state index contributed by atoms with van der Waals surface area (Å²) < 4.78 is 1.99. The van der Waals surface area contributed by atoms with E-state index in [1.807, 2.05) is 17.8 Å². The van der Waals surface area contributed by atoms with Gasteiger partial charge in [-0.3, -0.25) is 0 Å². The first-order valence-electron chi connectivity index (χ1n) is 5.84. The highest BCUT2D eigenvalue weighted by atomic mass is 16.3. The van der Waals surface area contributed by atoms with Crippen LogP contribution < -0.4 is 5.32 Å². The van der Waals surface area contributed by atoms with Gasteiger partial charge in [0.05, 0.1) is 0 Å². The molecule has 5 nitrogen and oxygen atoms in total. The average molecular weight is 247 g/mol. The van der Waals surface area contributed by atoms with Gasteiger partial charge in [0.25, 0.3) is 0 Å². The van der Waals surface area contributed by atoms with E-state index in [0.29, 0.717) is 6.54 Å². The number of rotatable bonds is 5. The Labute approximate surface area is 106 Å². The van der Waals surface area contributed by atoms with Crippen LogP contribution in [-0.4, -0.2) is 26.3 Å². The van der Waals surface area contributed by atoms with E-state index in [0.717, 1.165) is 24.4 Å². The summed E-state index contributed by atoms with van der Waals surface area (Å²) in [4.78, 5) is 4.24. The molecule has 0 saturated heterocycles. The number of hydrogen-bond acceptors (Lipinski definition) is 4. The van der Waals surface area contributed by atoms with Crippen LogP contribution in [-0.2, 0) is 20.0 Å². The number of hydrogen-bond donors (Lipinski definition) is 3. The van der Waals surface area contributed by atoms with Crippen molar-refractivity contribution in [1.29, 1.82) is 0 Å². The highest BCUT2D eigenvalue weighted by molar-refractivity contribution is 5.40. The van der Waals surface area contributed by atoms with Crippen LogP contribution in [0.4, 0.5) is 0 Å². The zero-order valence-corrected chi connectivity index (χ0v) is 10.3. The zero-order valence-electron chi connectivity index (χ0n) is 10.3. The number of nitrogens with zero attached hydrogens (tertiary/aromatic N) is 2. The maximum absolute atomic E-state index is 9.35. The maximum atomic E-state index is 9.35. The molecule has 2 aromatic rings. The van der Waals surface area contributed by atoms with Crippen LogP contribution >= 0.6 is 0 Å². The van der Waals surface area contributed by atoms with E-state index in [1.54, 1.807) is 18.3 Å². The molecule has 0 fully saturated rings. The van der Waals surface area contributed by atoms with Crippen LogP contribution in [0.2, 0.25) is 0 Å². The highest BCUT2D eigenvalue weighted by Crippen LogP contribution is 2.24. The molecule has 96 valence electrons. The molecule has 1 aromatic carbocycles. The Morgan fingerprint density at radius 3 is 2.78 bits per heavy atom. The Morgan fingerprint density at radius 1 is 1.28 bits per heavy atom. The molecule has 0 radical (unpaired) electrons. The molecule has 0 bridgehead atoms. The van der Waals surface area contributed by atoms with Gasteiger partial charge < -0.3 is 20.1 Å². The van der Waals surface area contributed by atoms with E-state index in [9.17, 15) is 10.2 Å². The van der Waals surface area contributed by atoms with Gasteiger partial charge >= 0.3 is 0 Å². The maximum Gasteiger partial charge on any atom is 0.157 e. The van der Waals surface area contributed by atoms with Crippen molar-refractivity contribution >= 4 is 0 Å². The number of aromatic hydroxyl groups is 2. The van der Waals surface area contributed by atoms with E-state index in [2.05, 4.69) is 10.3 Å². The predicted octanol–water partition coefficient (Wildman–Crippen LogP) is 1.16. The Morgan fingerprint density at radius 2 is 2.11 bits per heavy atom. The summed E-state index contributed by atoms with van der Waals surface area (Å²) in [6.07, 6.45) is 4.56. The Hall–Kier alpha value is -2.01. The molecule has 0 saturated carbocycles. The molecule has 18 heavy (non-hydrogen) atoms. The van der Waals surface area contributed by atoms with Gasteiger partial charge in [0.15, 0.2) is 11.5 Å². The molecule has 3 N–H and O–H groups in total. The molecule has 0 amide bonds. The smallest absolute Gasteiger partial charge is 0.157 e. The molecule has 0 aliphatic rings. The molecule has 2 rings (SSSR count). The summed E-state index contributed by atoms with van der Waals surface area (Å²) in [5.41, 5.74) is 0.935. The average Bonchev–Trinajstić information content (AvgIpc) is 2.75. The fraction of sp³-hybridized carbons (Fsp3) is 0.308. The minimum atomic E-state index is -0.0910. The monoisotopic (exact) mass is 247 g/mol. The second kappa shape index (κ2) is 5.55. The third kappa shape index (κ3) is 3.01. The topological polar surface area (TPSA) is 70.3 Å². The van der Waals surface area contributed by atoms with Crippen LogP contribution in [0.25, 0.3) is 0 Å². The quantitative estimate of drug-likeness (QED) is 0.548. The predicted molar refractivity (Wildman–Crippen MR) is 68.4 cm³/mol. The molecule has 1 heterocycles. The Kier molecular flexibility index (Phi) is 3.84. The van der Waals surface area contributed by atoms with Crippen molar-refractivity contribution in [2.75, 3.05) is 6.54 Å². The number of phenols is 2. The lowest BCUT2D eigenvalue weighted by atomic mass is 10.2. The lowest BCUT2D eigenvalue weighted by Gasteiger charge is -2.06. The number of aromatic nitrogens is 2. The number of benzene rings is 1. The number of aryl methyl sites for hydroxylation is 1. The van der Waals surface area contributed by atoms with E-state index in [-0.39, 0.29) is 11.5 Å². The molecule has 0 aliphatic carbocycles. The molecular weight excluding hydrogens is 230 g/mol. The van der Waals surface area contributed by atoms with Crippen LogP contribution in [0.5, 0.6) is 11.5 Å². The second-order valence-electron chi connectivity index (χ2n) is 4.20. The minimum absolute atomic E-state index is 0.0848. The van der Waals surface area contributed by atoms with Gasteiger partial charge in [-0.1, -0.05) is 6.07 Å². The lowest BCUT2D eigenvalue weighted by Crippen LogP contribution is -2.18. The Bertz CT molecular complexity index is 523. The molecular formula is C13H17N3O2. The first-order chi connectivity index (χ1) is 8.66. The number of nitrogens with one attached hydrogen (secondary N) is 1. The largest absolute Gasteiger partial charge is 0.504 e. The van der Waals surface area contributed by atoms with E-state index in [1.165, 1.54) is 6.07 Å². The van der Waals surface area contributed by atoms with Crippen LogP contribution in [0.15, 0.2) is 30.6 Å². The van der Waals surface area contributed by atoms with Gasteiger partial charge in [-0.05, 0) is 17.7 Å². The van der Waals surface area contributed by atoms with Gasteiger partial charge in [-0.15, -0.1) is 0 Å². The van der Waals surface area contributed by atoms with Crippen molar-refractivity contribution in [3.05, 3.63) is 42.0 Å². The highest BCUT2D eigenvalue weighted by Gasteiger charge is 2.01. The second-order valence-corrected chi connectivity index (χ2v) is 4.20. The zero-order chi connectivity index (χ0) is 13.0. The summed E-state index contributed by atoms with van der Waals surface area (Å²) in [5, 5.41) is 21.8. The van der Waals surface area contributed by atoms with E-state index >= 15 is 0 Å². The third-order valence-electron chi connectivity index (χ3n) is 2.82. The molecule has 0 unspecified atom stereocenters. The first kappa shape index (κ1) is 12.4. The number of phenolic OH excluding ortho intramolecular Hbond substituents is 2. The van der Waals surface area contributed by atoms with Crippen molar-refractivity contribution in [3.63, 3.8) is 0 Å². The van der Waals surface area contributed by atoms with E-state index < -0.39 is 0 Å². The van der Waals surface area contributed by atoms with Crippen LogP contribution in [0.1, 0.15) is 11.4 Å². The SMILES string of the molecule is Cn1ccnc1CCNCc1ccc(O)c(O)c1. The summed E-state index contributed by atoms with van der Waals surface area (Å²) in [6.45, 7) is 1.46. The molecule has 0 aliphatic heterocycles. The summed E-state index contributed by atoms with van der Waals surface area (Å²) in [5.74, 6) is 0.862. The van der Waals surface area contributed by atoms with Crippen molar-refractivity contribution in [3.8, 4) is 11.5 Å². The molecule has 1 aromatic heterocycles. The normalized spacial score (nSPS) is 10.7. The van der Waals surface area contributed by atoms with Gasteiger partial charge in [-0.2, -0.15) is 0 Å². The summed E-state index contributed by atoms with van der Waals surface area (Å²) >= 11 is 0. The standard InChI is InChI=1S/C13H17N3O2/c1-16-7-6-15-13(16)4-5-14-9-10-2-3-11(17)12(18)8-10/h2-3,6-8,14,17-18H,4-5,9H2,1H3. The lowest BCUT2D eigenvalue weighted by molar-refractivity contribution is 0.403. The van der Waals surface area contributed by atoms with Crippen molar-refractivity contribution in [1.82, 2.24) is 14.9 Å². The van der Waals surface area contributed by atoms with Crippen LogP contribution in [0, 0.1) is 0 Å². The molecule has 5 heteroatoms. The van der Waals surface area contributed by atoms with Crippen molar-refractivity contribution < 1.29 is 10.2 Å². The number of imidazole rings is 1. The fourth-order valence-corrected chi connectivity index (χ4v) is 1.75. The van der Waals surface area contributed by atoms with Gasteiger partial charge in [0, 0.05) is 39.0 Å². The third-order valence-corrected chi connectivity index (χ3v) is 2.82. The van der Waals surface area contributed by atoms with Crippen molar-refractivity contribution in [2.45, 2.75) is 13.0 Å². The summed E-state index contributed by atoms with van der Waals surface area (Å²) in [6, 6.07) is 4.83. The molecule has 0 atom stereocenters. The van der Waals surface area contributed by atoms with Gasteiger partial charge in [0.1, 0.15) is 5.82 Å². The van der Waals surface area contributed by atoms with E-state index in [4.69, 9.17) is 0 Å². The molecule has 0 spiro atoms. The fourth-order valence-electron chi connectivity index (χ4n) is 1.75. The first-order valence-corrected chi connectivity index (χ1v) is 5.84. The van der Waals surface area contributed by atoms with Gasteiger partial charge in [-0.25, -0.2) is 4.98 Å². The van der Waals surface area contributed by atoms with Gasteiger partial charge in [0.2, 0.25) is 0 Å². The van der Waals surface area contributed by atoms with Crippen LogP contribution in [0.3, 0.4) is 0 Å². The summed E-state index contributed by atoms with van der Waals surface area (Å²) in [7, 11) is 1.97.